The molecule has 0 radical (unpaired) electrons. The van der Waals surface area contributed by atoms with E-state index in [4.69, 9.17) is 9.47 Å². The molecule has 2 saturated heterocycles. The predicted octanol–water partition coefficient (Wildman–Crippen LogP) is -1.22. The summed E-state index contributed by atoms with van der Waals surface area (Å²) in [7, 11) is 1.54. The Balaban J connectivity index is 1.66. The van der Waals surface area contributed by atoms with Crippen molar-refractivity contribution in [2.45, 2.75) is 57.4 Å². The van der Waals surface area contributed by atoms with E-state index >= 15 is 0 Å². The molecule has 10 heteroatoms. The zero-order valence-electron chi connectivity index (χ0n) is 18.0. The summed E-state index contributed by atoms with van der Waals surface area (Å²) in [6.07, 6.45) is -1.62. The van der Waals surface area contributed by atoms with E-state index < -0.39 is 48.5 Å². The molecule has 1 aliphatic carbocycles. The van der Waals surface area contributed by atoms with Crippen molar-refractivity contribution in [3.8, 4) is 0 Å². The molecular formula is C21H32N2O8. The molecule has 0 aromatic heterocycles. The first-order valence-corrected chi connectivity index (χ1v) is 10.7. The van der Waals surface area contributed by atoms with Crippen LogP contribution in [-0.4, -0.2) is 88.8 Å². The summed E-state index contributed by atoms with van der Waals surface area (Å²) < 4.78 is 11.1. The molecule has 2 aliphatic heterocycles. The van der Waals surface area contributed by atoms with Crippen LogP contribution in [-0.2, 0) is 23.9 Å². The van der Waals surface area contributed by atoms with Crippen molar-refractivity contribution in [1.29, 1.82) is 0 Å². The number of nitrogens with zero attached hydrogens (tertiary/aromatic N) is 1. The quantitative estimate of drug-likeness (QED) is 0.285. The van der Waals surface area contributed by atoms with E-state index in [1.165, 1.54) is 11.9 Å². The van der Waals surface area contributed by atoms with E-state index in [-0.39, 0.29) is 43.2 Å². The molecule has 3 aliphatic rings. The number of imide groups is 1. The van der Waals surface area contributed by atoms with Crippen LogP contribution in [0.4, 0.5) is 0 Å². The van der Waals surface area contributed by atoms with Gasteiger partial charge in [-0.1, -0.05) is 19.1 Å². The molecule has 2 heterocycles. The maximum atomic E-state index is 13.1. The van der Waals surface area contributed by atoms with Crippen molar-refractivity contribution < 1.29 is 39.2 Å². The van der Waals surface area contributed by atoms with Gasteiger partial charge in [0.2, 0.25) is 17.7 Å². The zero-order valence-corrected chi connectivity index (χ0v) is 18.0. The molecule has 4 N–H and O–H groups in total. The van der Waals surface area contributed by atoms with Gasteiger partial charge >= 0.3 is 0 Å². The summed E-state index contributed by atoms with van der Waals surface area (Å²) >= 11 is 0. The van der Waals surface area contributed by atoms with Crippen LogP contribution in [0.3, 0.4) is 0 Å². The summed E-state index contributed by atoms with van der Waals surface area (Å²) in [6.45, 7) is 3.64. The third-order valence-electron chi connectivity index (χ3n) is 6.50. The number of likely N-dealkylation sites (tertiary alicyclic amines) is 1. The fourth-order valence-corrected chi connectivity index (χ4v) is 4.59. The summed E-state index contributed by atoms with van der Waals surface area (Å²) in [5.41, 5.74) is 0. The second kappa shape index (κ2) is 9.74. The Morgan fingerprint density at radius 3 is 2.45 bits per heavy atom. The zero-order chi connectivity index (χ0) is 22.9. The SMILES string of the molecule is CNC(=O)CCCN1C(=O)C2C(C)C=CC(CO[C@@H]3OC(C)[C@H](O)[C@@H](O)C3O)C2C1=O. The Bertz CT molecular complexity index is 728. The lowest BCUT2D eigenvalue weighted by Crippen LogP contribution is -2.57. The van der Waals surface area contributed by atoms with Gasteiger partial charge in [-0.05, 0) is 19.3 Å². The standard InChI is InChI=1S/C21H32N2O8/c1-10-6-7-12(9-30-21-18(27)17(26)16(25)11(2)31-21)15-14(10)19(28)23(20(15)29)8-4-5-13(24)22-3/h6-7,10-12,14-18,21,25-27H,4-5,8-9H2,1-3H3,(H,22,24)/t10?,11?,12?,14?,15?,16-,17+,18?,21+/m0/s1. The number of aliphatic hydroxyl groups excluding tert-OH is 3. The lowest BCUT2D eigenvalue weighted by Gasteiger charge is -2.40. The molecule has 3 rings (SSSR count). The summed E-state index contributed by atoms with van der Waals surface area (Å²) in [4.78, 5) is 38.7. The number of amides is 3. The molecule has 6 unspecified atom stereocenters. The molecule has 9 atom stereocenters. The highest BCUT2D eigenvalue weighted by Crippen LogP contribution is 2.42. The predicted molar refractivity (Wildman–Crippen MR) is 107 cm³/mol. The highest BCUT2D eigenvalue weighted by molar-refractivity contribution is 6.05. The van der Waals surface area contributed by atoms with Crippen molar-refractivity contribution in [2.75, 3.05) is 20.2 Å². The second-order valence-electron chi connectivity index (χ2n) is 8.58. The van der Waals surface area contributed by atoms with Crippen molar-refractivity contribution in [2.24, 2.45) is 23.7 Å². The first-order valence-electron chi connectivity index (χ1n) is 10.7. The molecule has 0 spiro atoms. The number of hydrogen-bond donors (Lipinski definition) is 4. The van der Waals surface area contributed by atoms with Gasteiger partial charge in [-0.15, -0.1) is 0 Å². The van der Waals surface area contributed by atoms with E-state index in [1.807, 2.05) is 19.1 Å². The van der Waals surface area contributed by atoms with Crippen LogP contribution in [0, 0.1) is 23.7 Å². The first-order chi connectivity index (χ1) is 14.7. The van der Waals surface area contributed by atoms with E-state index in [0.717, 1.165) is 0 Å². The number of allylic oxidation sites excluding steroid dienone is 1. The normalized spacial score (nSPS) is 40.2. The van der Waals surface area contributed by atoms with Crippen LogP contribution < -0.4 is 5.32 Å². The lowest BCUT2D eigenvalue weighted by molar-refractivity contribution is -0.295. The van der Waals surface area contributed by atoms with Gasteiger partial charge in [0.05, 0.1) is 24.5 Å². The fraction of sp³-hybridized carbons (Fsp3) is 0.762. The minimum atomic E-state index is -1.43. The first kappa shape index (κ1) is 23.8. The van der Waals surface area contributed by atoms with Gasteiger partial charge in [0.1, 0.15) is 18.3 Å². The number of rotatable bonds is 7. The molecule has 0 saturated carbocycles. The summed E-state index contributed by atoms with van der Waals surface area (Å²) in [6, 6.07) is 0. The largest absolute Gasteiger partial charge is 0.388 e. The van der Waals surface area contributed by atoms with Gasteiger partial charge in [-0.2, -0.15) is 0 Å². The minimum Gasteiger partial charge on any atom is -0.388 e. The highest BCUT2D eigenvalue weighted by Gasteiger charge is 2.53. The van der Waals surface area contributed by atoms with Gasteiger partial charge < -0.3 is 30.1 Å². The van der Waals surface area contributed by atoms with Gasteiger partial charge in [0, 0.05) is 25.9 Å². The van der Waals surface area contributed by atoms with Crippen molar-refractivity contribution in [1.82, 2.24) is 10.2 Å². The lowest BCUT2D eigenvalue weighted by atomic mass is 9.72. The maximum absolute atomic E-state index is 13.1. The Hall–Kier alpha value is -1.85. The van der Waals surface area contributed by atoms with E-state index in [1.54, 1.807) is 6.92 Å². The molecule has 0 aromatic rings. The van der Waals surface area contributed by atoms with Gasteiger partial charge in [-0.3, -0.25) is 19.3 Å². The van der Waals surface area contributed by atoms with E-state index in [2.05, 4.69) is 5.32 Å². The van der Waals surface area contributed by atoms with E-state index in [0.29, 0.717) is 6.42 Å². The van der Waals surface area contributed by atoms with Crippen LogP contribution in [0.15, 0.2) is 12.2 Å². The number of fused-ring (bicyclic) bond motifs is 1. The minimum absolute atomic E-state index is 0.00670. The fourth-order valence-electron chi connectivity index (χ4n) is 4.59. The number of carbonyl (C=O) groups is 3. The molecule has 3 amide bonds. The molecular weight excluding hydrogens is 408 g/mol. The monoisotopic (exact) mass is 440 g/mol. The van der Waals surface area contributed by atoms with Crippen LogP contribution in [0.25, 0.3) is 0 Å². The number of carbonyl (C=O) groups excluding carboxylic acids is 3. The smallest absolute Gasteiger partial charge is 0.233 e. The van der Waals surface area contributed by atoms with Crippen LogP contribution in [0.5, 0.6) is 0 Å². The maximum Gasteiger partial charge on any atom is 0.233 e. The number of hydrogen-bond acceptors (Lipinski definition) is 8. The Morgan fingerprint density at radius 2 is 1.77 bits per heavy atom. The average Bonchev–Trinajstić information content (AvgIpc) is 3.00. The molecule has 2 fully saturated rings. The van der Waals surface area contributed by atoms with Gasteiger partial charge in [0.25, 0.3) is 0 Å². The average molecular weight is 440 g/mol. The Labute approximate surface area is 181 Å². The molecule has 10 nitrogen and oxygen atoms in total. The van der Waals surface area contributed by atoms with Gasteiger partial charge in [-0.25, -0.2) is 0 Å². The molecule has 31 heavy (non-hydrogen) atoms. The summed E-state index contributed by atoms with van der Waals surface area (Å²) in [5.74, 6) is -2.30. The van der Waals surface area contributed by atoms with E-state index in [9.17, 15) is 29.7 Å². The molecule has 0 bridgehead atoms. The Morgan fingerprint density at radius 1 is 1.10 bits per heavy atom. The topological polar surface area (TPSA) is 146 Å². The third kappa shape index (κ3) is 4.68. The van der Waals surface area contributed by atoms with Crippen LogP contribution in [0.1, 0.15) is 26.7 Å². The number of aliphatic hydroxyl groups is 3. The van der Waals surface area contributed by atoms with Crippen molar-refractivity contribution >= 4 is 17.7 Å². The van der Waals surface area contributed by atoms with Crippen LogP contribution in [0.2, 0.25) is 0 Å². The molecule has 0 aromatic carbocycles. The van der Waals surface area contributed by atoms with Crippen molar-refractivity contribution in [3.05, 3.63) is 12.2 Å². The molecule has 174 valence electrons. The second-order valence-corrected chi connectivity index (χ2v) is 8.58. The number of ether oxygens (including phenoxy) is 2. The van der Waals surface area contributed by atoms with Crippen LogP contribution >= 0.6 is 0 Å². The number of nitrogens with one attached hydrogen (secondary N) is 1. The highest BCUT2D eigenvalue weighted by atomic mass is 16.7. The van der Waals surface area contributed by atoms with Gasteiger partial charge in [0.15, 0.2) is 6.29 Å². The summed E-state index contributed by atoms with van der Waals surface area (Å²) in [5, 5.41) is 32.4. The third-order valence-corrected chi connectivity index (χ3v) is 6.50. The Kier molecular flexibility index (Phi) is 7.48. The van der Waals surface area contributed by atoms with Crippen molar-refractivity contribution in [3.63, 3.8) is 0 Å².